The molecule has 1 aliphatic rings. The number of hydrogen-bond acceptors (Lipinski definition) is 2. The molecule has 0 saturated carbocycles. The Bertz CT molecular complexity index is 401. The highest BCUT2D eigenvalue weighted by Crippen LogP contribution is 2.23. The van der Waals surface area contributed by atoms with Gasteiger partial charge in [0.25, 0.3) is 0 Å². The van der Waals surface area contributed by atoms with Crippen LogP contribution in [0.15, 0.2) is 18.2 Å². The van der Waals surface area contributed by atoms with Crippen molar-refractivity contribution in [2.24, 2.45) is 5.73 Å². The lowest BCUT2D eigenvalue weighted by Crippen LogP contribution is -2.23. The molecule has 0 fully saturated rings. The van der Waals surface area contributed by atoms with Gasteiger partial charge in [0.1, 0.15) is 0 Å². The van der Waals surface area contributed by atoms with Crippen LogP contribution in [0.4, 0.5) is 0 Å². The molecule has 0 aliphatic heterocycles. The zero-order valence-electron chi connectivity index (χ0n) is 9.74. The molecule has 2 atom stereocenters. The van der Waals surface area contributed by atoms with E-state index in [1.807, 2.05) is 6.92 Å². The second kappa shape index (κ2) is 5.11. The Labute approximate surface area is 99.7 Å². The van der Waals surface area contributed by atoms with E-state index in [0.717, 1.165) is 0 Å². The highest BCUT2D eigenvalue weighted by atomic mass is 32.2. The molecule has 0 spiro atoms. The van der Waals surface area contributed by atoms with Gasteiger partial charge in [-0.3, -0.25) is 4.21 Å². The molecule has 1 aliphatic carbocycles. The molecule has 1 aromatic rings. The lowest BCUT2D eigenvalue weighted by molar-refractivity contribution is 0.676. The molecule has 0 aromatic heterocycles. The Balaban J connectivity index is 2.02. The van der Waals surface area contributed by atoms with Crippen molar-refractivity contribution in [3.05, 3.63) is 34.9 Å². The molecule has 2 nitrogen and oxygen atoms in total. The van der Waals surface area contributed by atoms with Gasteiger partial charge in [-0.05, 0) is 42.9 Å². The van der Waals surface area contributed by atoms with Crippen molar-refractivity contribution in [3.8, 4) is 0 Å². The van der Waals surface area contributed by atoms with Crippen LogP contribution in [0.2, 0.25) is 0 Å². The van der Waals surface area contributed by atoms with Crippen molar-refractivity contribution in [1.29, 1.82) is 0 Å². The lowest BCUT2D eigenvalue weighted by Gasteiger charge is -2.07. The smallest absolute Gasteiger partial charge is 0.0486 e. The maximum atomic E-state index is 11.8. The van der Waals surface area contributed by atoms with Crippen molar-refractivity contribution < 1.29 is 4.21 Å². The van der Waals surface area contributed by atoms with Crippen LogP contribution >= 0.6 is 0 Å². The molecule has 2 N–H and O–H groups in total. The summed E-state index contributed by atoms with van der Waals surface area (Å²) in [5.74, 6) is 1.24. The van der Waals surface area contributed by atoms with Crippen LogP contribution in [0.1, 0.15) is 30.0 Å². The van der Waals surface area contributed by atoms with E-state index in [0.29, 0.717) is 11.5 Å². The minimum atomic E-state index is -0.823. The maximum Gasteiger partial charge on any atom is 0.0486 e. The van der Waals surface area contributed by atoms with Gasteiger partial charge in [0.05, 0.1) is 0 Å². The van der Waals surface area contributed by atoms with Crippen molar-refractivity contribution in [2.45, 2.75) is 38.0 Å². The molecule has 0 amide bonds. The van der Waals surface area contributed by atoms with Gasteiger partial charge < -0.3 is 5.73 Å². The molecule has 0 heterocycles. The number of aryl methyl sites for hydroxylation is 2. The maximum absolute atomic E-state index is 11.8. The molecule has 0 radical (unpaired) electrons. The highest BCUT2D eigenvalue weighted by molar-refractivity contribution is 7.84. The summed E-state index contributed by atoms with van der Waals surface area (Å²) in [5.41, 5.74) is 9.77. The highest BCUT2D eigenvalue weighted by Gasteiger charge is 2.12. The van der Waals surface area contributed by atoms with E-state index in [1.165, 1.54) is 36.0 Å². The first kappa shape index (κ1) is 11.8. The molecule has 2 unspecified atom stereocenters. The van der Waals surface area contributed by atoms with Crippen LogP contribution in [0.5, 0.6) is 0 Å². The van der Waals surface area contributed by atoms with E-state index in [1.54, 1.807) is 0 Å². The summed E-state index contributed by atoms with van der Waals surface area (Å²) in [6, 6.07) is 6.56. The number of rotatable bonds is 4. The topological polar surface area (TPSA) is 43.1 Å². The van der Waals surface area contributed by atoms with E-state index in [2.05, 4.69) is 18.2 Å². The van der Waals surface area contributed by atoms with Gasteiger partial charge in [-0.2, -0.15) is 0 Å². The second-order valence-corrected chi connectivity index (χ2v) is 6.19. The predicted molar refractivity (Wildman–Crippen MR) is 68.8 cm³/mol. The molecule has 88 valence electrons. The molecule has 1 aromatic carbocycles. The van der Waals surface area contributed by atoms with Crippen molar-refractivity contribution in [3.63, 3.8) is 0 Å². The monoisotopic (exact) mass is 237 g/mol. The largest absolute Gasteiger partial charge is 0.327 e. The van der Waals surface area contributed by atoms with Crippen LogP contribution in [0.25, 0.3) is 0 Å². The number of benzene rings is 1. The van der Waals surface area contributed by atoms with Crippen LogP contribution in [0.3, 0.4) is 0 Å². The van der Waals surface area contributed by atoms with E-state index < -0.39 is 10.8 Å². The third kappa shape index (κ3) is 2.92. The van der Waals surface area contributed by atoms with E-state index in [-0.39, 0.29) is 6.04 Å². The third-order valence-electron chi connectivity index (χ3n) is 2.94. The quantitative estimate of drug-likeness (QED) is 0.867. The van der Waals surface area contributed by atoms with Crippen LogP contribution in [-0.4, -0.2) is 16.0 Å². The minimum absolute atomic E-state index is 0.0234. The van der Waals surface area contributed by atoms with E-state index >= 15 is 0 Å². The minimum Gasteiger partial charge on any atom is -0.327 e. The second-order valence-electron chi connectivity index (χ2n) is 4.68. The summed E-state index contributed by atoms with van der Waals surface area (Å²) in [6.07, 6.45) is 3.66. The first-order valence-corrected chi connectivity index (χ1v) is 7.35. The van der Waals surface area contributed by atoms with Crippen molar-refractivity contribution >= 4 is 10.8 Å². The fourth-order valence-electron chi connectivity index (χ4n) is 2.25. The predicted octanol–water partition coefficient (Wildman–Crippen LogP) is 1.77. The fourth-order valence-corrected chi connectivity index (χ4v) is 3.51. The van der Waals surface area contributed by atoms with Gasteiger partial charge >= 0.3 is 0 Å². The Morgan fingerprint density at radius 1 is 1.38 bits per heavy atom. The SMILES string of the molecule is CC(N)CS(=O)Cc1ccc2c(c1)CCC2. The summed E-state index contributed by atoms with van der Waals surface area (Å²) in [6.45, 7) is 1.90. The van der Waals surface area contributed by atoms with Crippen LogP contribution < -0.4 is 5.73 Å². The summed E-state index contributed by atoms with van der Waals surface area (Å²) in [4.78, 5) is 0. The van der Waals surface area contributed by atoms with Crippen LogP contribution in [0, 0.1) is 0 Å². The summed E-state index contributed by atoms with van der Waals surface area (Å²) in [7, 11) is -0.823. The number of hydrogen-bond donors (Lipinski definition) is 1. The van der Waals surface area contributed by atoms with Gasteiger partial charge in [-0.1, -0.05) is 18.2 Å². The summed E-state index contributed by atoms with van der Waals surface area (Å²) < 4.78 is 11.8. The van der Waals surface area contributed by atoms with Gasteiger partial charge in [0.15, 0.2) is 0 Å². The average Bonchev–Trinajstić information content (AvgIpc) is 2.63. The molecule has 3 heteroatoms. The summed E-state index contributed by atoms with van der Waals surface area (Å²) in [5, 5.41) is 0. The van der Waals surface area contributed by atoms with E-state index in [9.17, 15) is 4.21 Å². The molecule has 0 saturated heterocycles. The Hall–Kier alpha value is -0.670. The molecule has 0 bridgehead atoms. The Morgan fingerprint density at radius 2 is 2.12 bits per heavy atom. The van der Waals surface area contributed by atoms with Crippen LogP contribution in [-0.2, 0) is 29.4 Å². The van der Waals surface area contributed by atoms with E-state index in [4.69, 9.17) is 5.73 Å². The van der Waals surface area contributed by atoms with Crippen molar-refractivity contribution in [1.82, 2.24) is 0 Å². The average molecular weight is 237 g/mol. The first-order valence-electron chi connectivity index (χ1n) is 5.86. The molecule has 16 heavy (non-hydrogen) atoms. The van der Waals surface area contributed by atoms with Crippen molar-refractivity contribution in [2.75, 3.05) is 5.75 Å². The molecular weight excluding hydrogens is 218 g/mol. The fraction of sp³-hybridized carbons (Fsp3) is 0.538. The first-order chi connectivity index (χ1) is 7.65. The number of fused-ring (bicyclic) bond motifs is 1. The summed E-state index contributed by atoms with van der Waals surface area (Å²) >= 11 is 0. The molecular formula is C13H19NOS. The third-order valence-corrected chi connectivity index (χ3v) is 4.49. The van der Waals surface area contributed by atoms with Gasteiger partial charge in [-0.15, -0.1) is 0 Å². The van der Waals surface area contributed by atoms with Gasteiger partial charge in [-0.25, -0.2) is 0 Å². The Kier molecular flexibility index (Phi) is 3.77. The number of nitrogens with two attached hydrogens (primary N) is 1. The Morgan fingerprint density at radius 3 is 2.88 bits per heavy atom. The zero-order chi connectivity index (χ0) is 11.5. The standard InChI is InChI=1S/C13H19NOS/c1-10(14)8-16(15)9-11-5-6-12-3-2-4-13(12)7-11/h5-7,10H,2-4,8-9,14H2,1H3. The lowest BCUT2D eigenvalue weighted by atomic mass is 10.1. The normalized spacial score (nSPS) is 18.1. The molecule has 2 rings (SSSR count). The van der Waals surface area contributed by atoms with Gasteiger partial charge in [0.2, 0.25) is 0 Å². The zero-order valence-corrected chi connectivity index (χ0v) is 10.6. The van der Waals surface area contributed by atoms with Gasteiger partial charge in [0, 0.05) is 28.3 Å².